The van der Waals surface area contributed by atoms with Gasteiger partial charge in [-0.2, -0.15) is 0 Å². The van der Waals surface area contributed by atoms with Crippen LogP contribution in [0.4, 0.5) is 0 Å². The second-order valence-electron chi connectivity index (χ2n) is 4.64. The number of fused-ring (bicyclic) bond motifs is 1. The third-order valence-corrected chi connectivity index (χ3v) is 3.70. The molecule has 2 nitrogen and oxygen atoms in total. The lowest BCUT2D eigenvalue weighted by Gasteiger charge is -2.40. The minimum Gasteiger partial charge on any atom is -0.251 e. The van der Waals surface area contributed by atoms with Gasteiger partial charge in [0.05, 0.1) is 0 Å². The number of hydrogen-bond donors (Lipinski definition) is 1. The summed E-state index contributed by atoms with van der Waals surface area (Å²) in [4.78, 5) is 4.41. The van der Waals surface area contributed by atoms with Crippen molar-refractivity contribution in [2.75, 3.05) is 0 Å². The zero-order valence-electron chi connectivity index (χ0n) is 8.25. The molecule has 0 aromatic heterocycles. The second-order valence-corrected chi connectivity index (χ2v) is 4.64. The Balaban J connectivity index is 2.18. The average Bonchev–Trinajstić information content (AvgIpc) is 2.16. The molecule has 1 fully saturated rings. The lowest BCUT2D eigenvalue weighted by Crippen LogP contribution is -2.30. The second kappa shape index (κ2) is 3.43. The van der Waals surface area contributed by atoms with Gasteiger partial charge in [-0.25, -0.2) is 4.89 Å². The van der Waals surface area contributed by atoms with Gasteiger partial charge in [0, 0.05) is 0 Å². The predicted molar refractivity (Wildman–Crippen MR) is 51.4 cm³/mol. The van der Waals surface area contributed by atoms with Crippen LogP contribution in [0.25, 0.3) is 0 Å². The van der Waals surface area contributed by atoms with E-state index in [1.54, 1.807) is 0 Å². The first-order chi connectivity index (χ1) is 6.24. The quantitative estimate of drug-likeness (QED) is 0.383. The number of rotatable bonds is 1. The Morgan fingerprint density at radius 2 is 2.31 bits per heavy atom. The van der Waals surface area contributed by atoms with Crippen molar-refractivity contribution in [1.29, 1.82) is 0 Å². The molecule has 0 saturated heterocycles. The first-order valence-electron chi connectivity index (χ1n) is 5.26. The summed E-state index contributed by atoms with van der Waals surface area (Å²) >= 11 is 0. The molecule has 0 spiro atoms. The topological polar surface area (TPSA) is 29.5 Å². The van der Waals surface area contributed by atoms with Crippen molar-refractivity contribution in [3.05, 3.63) is 11.6 Å². The van der Waals surface area contributed by atoms with Crippen LogP contribution in [0.3, 0.4) is 0 Å². The molecule has 13 heavy (non-hydrogen) atoms. The Labute approximate surface area is 79.5 Å². The van der Waals surface area contributed by atoms with E-state index in [2.05, 4.69) is 17.9 Å². The smallest absolute Gasteiger partial charge is 0.111 e. The van der Waals surface area contributed by atoms with Gasteiger partial charge in [-0.1, -0.05) is 25.0 Å². The molecular formula is C11H18O2. The molecule has 1 N–H and O–H groups in total. The van der Waals surface area contributed by atoms with Gasteiger partial charge in [0.2, 0.25) is 0 Å². The molecule has 0 unspecified atom stereocenters. The molecule has 2 heteroatoms. The van der Waals surface area contributed by atoms with E-state index in [9.17, 15) is 0 Å². The summed E-state index contributed by atoms with van der Waals surface area (Å²) in [7, 11) is 0. The first kappa shape index (κ1) is 9.22. The van der Waals surface area contributed by atoms with Crippen LogP contribution in [0, 0.1) is 5.41 Å². The maximum atomic E-state index is 8.62. The van der Waals surface area contributed by atoms with E-state index in [1.165, 1.54) is 37.7 Å². The highest BCUT2D eigenvalue weighted by atomic mass is 17.1. The number of allylic oxidation sites excluding steroid dienone is 1. The Kier molecular flexibility index (Phi) is 2.43. The average molecular weight is 182 g/mol. The molecule has 0 aliphatic heterocycles. The van der Waals surface area contributed by atoms with E-state index in [0.717, 1.165) is 6.42 Å². The molecule has 0 amide bonds. The van der Waals surface area contributed by atoms with Gasteiger partial charge in [0.15, 0.2) is 0 Å². The van der Waals surface area contributed by atoms with Gasteiger partial charge in [0.25, 0.3) is 0 Å². The largest absolute Gasteiger partial charge is 0.251 e. The van der Waals surface area contributed by atoms with Crippen molar-refractivity contribution in [2.45, 2.75) is 51.6 Å². The lowest BCUT2D eigenvalue weighted by atomic mass is 9.66. The molecule has 2 atom stereocenters. The molecule has 74 valence electrons. The van der Waals surface area contributed by atoms with Crippen molar-refractivity contribution in [2.24, 2.45) is 5.41 Å². The van der Waals surface area contributed by atoms with E-state index in [4.69, 9.17) is 5.26 Å². The van der Waals surface area contributed by atoms with Gasteiger partial charge in [-0.3, -0.25) is 5.26 Å². The number of hydrogen-bond acceptors (Lipinski definition) is 2. The minimum atomic E-state index is -0.0406. The molecule has 0 bridgehead atoms. The summed E-state index contributed by atoms with van der Waals surface area (Å²) in [5.74, 6) is 0. The molecule has 0 aromatic rings. The highest BCUT2D eigenvalue weighted by Crippen LogP contribution is 2.47. The highest BCUT2D eigenvalue weighted by Gasteiger charge is 2.35. The Hall–Kier alpha value is -0.340. The fraction of sp³-hybridized carbons (Fsp3) is 0.818. The molecule has 2 aliphatic rings. The Morgan fingerprint density at radius 1 is 1.46 bits per heavy atom. The lowest BCUT2D eigenvalue weighted by molar-refractivity contribution is -0.269. The summed E-state index contributed by atoms with van der Waals surface area (Å²) in [6, 6.07) is 0. The van der Waals surface area contributed by atoms with E-state index in [0.29, 0.717) is 5.41 Å². The predicted octanol–water partition coefficient (Wildman–Crippen LogP) is 3.15. The molecule has 0 aromatic carbocycles. The van der Waals surface area contributed by atoms with Gasteiger partial charge >= 0.3 is 0 Å². The molecule has 2 aliphatic carbocycles. The maximum Gasteiger partial charge on any atom is 0.111 e. The van der Waals surface area contributed by atoms with Gasteiger partial charge < -0.3 is 0 Å². The molecule has 0 heterocycles. The van der Waals surface area contributed by atoms with Crippen molar-refractivity contribution in [3.8, 4) is 0 Å². The van der Waals surface area contributed by atoms with Crippen LogP contribution >= 0.6 is 0 Å². The van der Waals surface area contributed by atoms with Gasteiger partial charge in [-0.05, 0) is 37.5 Å². The van der Waals surface area contributed by atoms with Crippen LogP contribution in [-0.2, 0) is 4.89 Å². The minimum absolute atomic E-state index is 0.0406. The third kappa shape index (κ3) is 1.65. The van der Waals surface area contributed by atoms with E-state index in [-0.39, 0.29) is 6.10 Å². The molecular weight excluding hydrogens is 164 g/mol. The summed E-state index contributed by atoms with van der Waals surface area (Å²) < 4.78 is 0. The summed E-state index contributed by atoms with van der Waals surface area (Å²) in [5, 5.41) is 8.62. The highest BCUT2D eigenvalue weighted by molar-refractivity contribution is 5.20. The van der Waals surface area contributed by atoms with Crippen molar-refractivity contribution in [3.63, 3.8) is 0 Å². The van der Waals surface area contributed by atoms with Gasteiger partial charge in [0.1, 0.15) is 6.10 Å². The Bertz CT molecular complexity index is 222. The maximum absolute atomic E-state index is 8.62. The van der Waals surface area contributed by atoms with E-state index < -0.39 is 0 Å². The zero-order valence-corrected chi connectivity index (χ0v) is 8.25. The summed E-state index contributed by atoms with van der Waals surface area (Å²) in [5.41, 5.74) is 1.94. The van der Waals surface area contributed by atoms with Crippen LogP contribution in [0.2, 0.25) is 0 Å². The summed E-state index contributed by atoms with van der Waals surface area (Å²) in [6.07, 6.45) is 9.43. The van der Waals surface area contributed by atoms with Crippen LogP contribution in [0.1, 0.15) is 45.4 Å². The van der Waals surface area contributed by atoms with Crippen LogP contribution in [-0.4, -0.2) is 11.4 Å². The molecule has 1 saturated carbocycles. The van der Waals surface area contributed by atoms with Crippen LogP contribution in [0.5, 0.6) is 0 Å². The monoisotopic (exact) mass is 182 g/mol. The third-order valence-electron chi connectivity index (χ3n) is 3.70. The summed E-state index contributed by atoms with van der Waals surface area (Å²) in [6.45, 7) is 2.35. The molecule has 2 rings (SSSR count). The van der Waals surface area contributed by atoms with Crippen LogP contribution in [0.15, 0.2) is 11.6 Å². The first-order valence-corrected chi connectivity index (χ1v) is 5.26. The standard InChI is InChI=1S/C11H18O2/c1-11-6-3-2-4-9(11)8-10(13-12)5-7-11/h8,10,12H,2-7H2,1H3/t10-,11+/m0/s1. The van der Waals surface area contributed by atoms with Crippen molar-refractivity contribution >= 4 is 0 Å². The van der Waals surface area contributed by atoms with Gasteiger partial charge in [-0.15, -0.1) is 0 Å². The van der Waals surface area contributed by atoms with Crippen molar-refractivity contribution < 1.29 is 10.1 Å². The fourth-order valence-corrected chi connectivity index (χ4v) is 2.71. The fourth-order valence-electron chi connectivity index (χ4n) is 2.71. The van der Waals surface area contributed by atoms with E-state index >= 15 is 0 Å². The normalized spacial score (nSPS) is 39.5. The van der Waals surface area contributed by atoms with Crippen LogP contribution < -0.4 is 0 Å². The van der Waals surface area contributed by atoms with E-state index in [1.807, 2.05) is 0 Å². The Morgan fingerprint density at radius 3 is 3.08 bits per heavy atom. The van der Waals surface area contributed by atoms with Crippen molar-refractivity contribution in [1.82, 2.24) is 0 Å². The SMILES string of the molecule is C[C@]12CCCCC1=C[C@@H](OO)CC2. The molecule has 0 radical (unpaired) electrons. The zero-order chi connectivity index (χ0) is 9.31.